The van der Waals surface area contributed by atoms with Crippen LogP contribution in [0.2, 0.25) is 0 Å². The van der Waals surface area contributed by atoms with Crippen molar-refractivity contribution in [1.29, 1.82) is 0 Å². The number of thiophene rings is 1. The molecule has 1 rings (SSSR count). The van der Waals surface area contributed by atoms with Crippen LogP contribution in [-0.2, 0) is 6.42 Å². The van der Waals surface area contributed by atoms with Gasteiger partial charge in [-0.3, -0.25) is 4.79 Å². The normalized spacial score (nSPS) is 10.1. The number of hydrogen-bond donors (Lipinski definition) is 1. The fraction of sp³-hybridized carbons (Fsp3) is 0.500. The molecule has 0 aliphatic heterocycles. The molecule has 0 radical (unpaired) electrons. The third-order valence-electron chi connectivity index (χ3n) is 1.99. The first-order valence-electron chi connectivity index (χ1n) is 4.50. The first-order chi connectivity index (χ1) is 6.19. The second kappa shape index (κ2) is 4.42. The molecule has 1 heterocycles. The SMILES string of the molecule is CCCc1cc(C(=O)NC)sc1C. The molecule has 0 spiro atoms. The van der Waals surface area contributed by atoms with Gasteiger partial charge < -0.3 is 5.32 Å². The predicted octanol–water partition coefficient (Wildman–Crippen LogP) is 2.37. The lowest BCUT2D eigenvalue weighted by Gasteiger charge is -1.93. The molecular formula is C10H15NOS. The van der Waals surface area contributed by atoms with Gasteiger partial charge in [0.25, 0.3) is 5.91 Å². The van der Waals surface area contributed by atoms with Crippen molar-refractivity contribution in [2.24, 2.45) is 0 Å². The van der Waals surface area contributed by atoms with Crippen molar-refractivity contribution in [3.63, 3.8) is 0 Å². The quantitative estimate of drug-likeness (QED) is 0.792. The number of amides is 1. The second-order valence-electron chi connectivity index (χ2n) is 3.02. The van der Waals surface area contributed by atoms with Crippen LogP contribution in [0.4, 0.5) is 0 Å². The summed E-state index contributed by atoms with van der Waals surface area (Å²) in [5, 5.41) is 2.64. The Bertz CT molecular complexity index is 304. The summed E-state index contributed by atoms with van der Waals surface area (Å²) < 4.78 is 0. The Labute approximate surface area is 83.0 Å². The molecule has 0 aliphatic carbocycles. The van der Waals surface area contributed by atoms with E-state index in [-0.39, 0.29) is 5.91 Å². The van der Waals surface area contributed by atoms with Crippen LogP contribution in [0.15, 0.2) is 6.07 Å². The molecule has 0 saturated carbocycles. The molecule has 0 bridgehead atoms. The van der Waals surface area contributed by atoms with E-state index in [0.29, 0.717) is 0 Å². The van der Waals surface area contributed by atoms with Gasteiger partial charge in [-0.1, -0.05) is 13.3 Å². The summed E-state index contributed by atoms with van der Waals surface area (Å²) in [7, 11) is 1.66. The van der Waals surface area contributed by atoms with Gasteiger partial charge in [0.05, 0.1) is 4.88 Å². The van der Waals surface area contributed by atoms with Crippen molar-refractivity contribution in [2.45, 2.75) is 26.7 Å². The highest BCUT2D eigenvalue weighted by Gasteiger charge is 2.09. The smallest absolute Gasteiger partial charge is 0.261 e. The van der Waals surface area contributed by atoms with E-state index in [1.807, 2.05) is 6.07 Å². The van der Waals surface area contributed by atoms with Gasteiger partial charge in [-0.25, -0.2) is 0 Å². The highest BCUT2D eigenvalue weighted by Crippen LogP contribution is 2.22. The summed E-state index contributed by atoms with van der Waals surface area (Å²) in [6.07, 6.45) is 2.20. The van der Waals surface area contributed by atoms with E-state index in [1.54, 1.807) is 18.4 Å². The van der Waals surface area contributed by atoms with Crippen LogP contribution in [-0.4, -0.2) is 13.0 Å². The van der Waals surface area contributed by atoms with Gasteiger partial charge in [0.2, 0.25) is 0 Å². The topological polar surface area (TPSA) is 29.1 Å². The van der Waals surface area contributed by atoms with Gasteiger partial charge in [-0.2, -0.15) is 0 Å². The molecule has 1 aromatic rings. The van der Waals surface area contributed by atoms with Crippen LogP contribution >= 0.6 is 11.3 Å². The van der Waals surface area contributed by atoms with Crippen molar-refractivity contribution in [3.8, 4) is 0 Å². The highest BCUT2D eigenvalue weighted by molar-refractivity contribution is 7.14. The zero-order valence-corrected chi connectivity index (χ0v) is 9.12. The molecule has 0 unspecified atom stereocenters. The molecule has 1 amide bonds. The van der Waals surface area contributed by atoms with Crippen LogP contribution in [0, 0.1) is 6.92 Å². The van der Waals surface area contributed by atoms with Crippen molar-refractivity contribution >= 4 is 17.2 Å². The molecule has 2 nitrogen and oxygen atoms in total. The number of carbonyl (C=O) groups is 1. The largest absolute Gasteiger partial charge is 0.354 e. The lowest BCUT2D eigenvalue weighted by Crippen LogP contribution is -2.16. The summed E-state index contributed by atoms with van der Waals surface area (Å²) in [5.74, 6) is 0.0236. The Morgan fingerprint density at radius 3 is 2.85 bits per heavy atom. The monoisotopic (exact) mass is 197 g/mol. The lowest BCUT2D eigenvalue weighted by molar-refractivity contribution is 0.0967. The van der Waals surface area contributed by atoms with Gasteiger partial charge in [0.15, 0.2) is 0 Å². The minimum Gasteiger partial charge on any atom is -0.354 e. The molecule has 0 saturated heterocycles. The maximum absolute atomic E-state index is 11.3. The molecule has 0 fully saturated rings. The van der Waals surface area contributed by atoms with Crippen LogP contribution in [0.3, 0.4) is 0 Å². The Morgan fingerprint density at radius 1 is 1.62 bits per heavy atom. The molecular weight excluding hydrogens is 182 g/mol. The molecule has 0 aliphatic rings. The van der Waals surface area contributed by atoms with Crippen LogP contribution < -0.4 is 5.32 Å². The minimum absolute atomic E-state index is 0.0236. The van der Waals surface area contributed by atoms with E-state index in [9.17, 15) is 4.79 Å². The fourth-order valence-corrected chi connectivity index (χ4v) is 2.29. The van der Waals surface area contributed by atoms with Crippen LogP contribution in [0.5, 0.6) is 0 Å². The summed E-state index contributed by atoms with van der Waals surface area (Å²) >= 11 is 1.57. The average Bonchev–Trinajstić information content (AvgIpc) is 2.47. The Kier molecular flexibility index (Phi) is 3.48. The van der Waals surface area contributed by atoms with Crippen LogP contribution in [0.25, 0.3) is 0 Å². The van der Waals surface area contributed by atoms with Gasteiger partial charge in [-0.15, -0.1) is 11.3 Å². The van der Waals surface area contributed by atoms with Gasteiger partial charge in [-0.05, 0) is 25.0 Å². The molecule has 13 heavy (non-hydrogen) atoms. The van der Waals surface area contributed by atoms with E-state index in [4.69, 9.17) is 0 Å². The van der Waals surface area contributed by atoms with E-state index >= 15 is 0 Å². The van der Waals surface area contributed by atoms with Gasteiger partial charge in [0.1, 0.15) is 0 Å². The van der Waals surface area contributed by atoms with Crippen LogP contribution in [0.1, 0.15) is 33.5 Å². The zero-order chi connectivity index (χ0) is 9.84. The maximum atomic E-state index is 11.3. The molecule has 3 heteroatoms. The third-order valence-corrected chi connectivity index (χ3v) is 3.08. The van der Waals surface area contributed by atoms with Gasteiger partial charge in [0, 0.05) is 11.9 Å². The summed E-state index contributed by atoms with van der Waals surface area (Å²) in [5.41, 5.74) is 1.31. The van der Waals surface area contributed by atoms with Crippen molar-refractivity contribution < 1.29 is 4.79 Å². The maximum Gasteiger partial charge on any atom is 0.261 e. The van der Waals surface area contributed by atoms with Crippen molar-refractivity contribution in [1.82, 2.24) is 5.32 Å². The van der Waals surface area contributed by atoms with Crippen molar-refractivity contribution in [2.75, 3.05) is 7.05 Å². The highest BCUT2D eigenvalue weighted by atomic mass is 32.1. The molecule has 0 aromatic carbocycles. The standard InChI is InChI=1S/C10H15NOS/c1-4-5-8-6-9(10(12)11-3)13-7(8)2/h6H,4-5H2,1-3H3,(H,11,12). The molecule has 0 atom stereocenters. The fourth-order valence-electron chi connectivity index (χ4n) is 1.27. The minimum atomic E-state index is 0.0236. The Morgan fingerprint density at radius 2 is 2.31 bits per heavy atom. The van der Waals surface area contributed by atoms with Gasteiger partial charge >= 0.3 is 0 Å². The second-order valence-corrected chi connectivity index (χ2v) is 4.28. The number of carbonyl (C=O) groups excluding carboxylic acids is 1. The Hall–Kier alpha value is -0.830. The number of aryl methyl sites for hydroxylation is 2. The van der Waals surface area contributed by atoms with E-state index in [1.165, 1.54) is 10.4 Å². The average molecular weight is 197 g/mol. The molecule has 1 N–H and O–H groups in total. The molecule has 72 valence electrons. The number of rotatable bonds is 3. The van der Waals surface area contributed by atoms with E-state index in [0.717, 1.165) is 17.7 Å². The summed E-state index contributed by atoms with van der Waals surface area (Å²) in [6.45, 7) is 4.22. The summed E-state index contributed by atoms with van der Waals surface area (Å²) in [6, 6.07) is 2.00. The molecule has 1 aromatic heterocycles. The number of hydrogen-bond acceptors (Lipinski definition) is 2. The number of nitrogens with one attached hydrogen (secondary N) is 1. The first-order valence-corrected chi connectivity index (χ1v) is 5.32. The van der Waals surface area contributed by atoms with Crippen molar-refractivity contribution in [3.05, 3.63) is 21.4 Å². The van der Waals surface area contributed by atoms with E-state index < -0.39 is 0 Å². The third kappa shape index (κ3) is 2.31. The lowest BCUT2D eigenvalue weighted by atomic mass is 10.1. The zero-order valence-electron chi connectivity index (χ0n) is 8.31. The first kappa shape index (κ1) is 10.3. The summed E-state index contributed by atoms with van der Waals surface area (Å²) in [4.78, 5) is 13.4. The Balaban J connectivity index is 2.88. The van der Waals surface area contributed by atoms with E-state index in [2.05, 4.69) is 19.2 Å². The predicted molar refractivity (Wildman–Crippen MR) is 56.4 cm³/mol.